The second-order valence-electron chi connectivity index (χ2n) is 4.52. The largest absolute Gasteiger partial charge is 0.454 e. The molecule has 1 amide bonds. The number of hydrogen-bond donors (Lipinski definition) is 1. The van der Waals surface area contributed by atoms with Crippen molar-refractivity contribution in [2.45, 2.75) is 6.92 Å². The average molecular weight is 304 g/mol. The van der Waals surface area contributed by atoms with E-state index >= 15 is 0 Å². The van der Waals surface area contributed by atoms with Crippen LogP contribution in [-0.4, -0.2) is 30.4 Å². The number of nitrogens with one attached hydrogen (secondary N) is 1. The molecule has 0 spiro atoms. The number of ether oxygens (including phenoxy) is 3. The highest BCUT2D eigenvalue weighted by molar-refractivity contribution is 5.94. The lowest BCUT2D eigenvalue weighted by Gasteiger charge is -2.06. The molecule has 1 aliphatic heterocycles. The van der Waals surface area contributed by atoms with Gasteiger partial charge in [-0.1, -0.05) is 5.16 Å². The van der Waals surface area contributed by atoms with E-state index in [0.29, 0.717) is 22.9 Å². The monoisotopic (exact) mass is 304 g/mol. The summed E-state index contributed by atoms with van der Waals surface area (Å²) in [6, 6.07) is 6.40. The molecule has 0 atom stereocenters. The number of anilines is 1. The number of amides is 1. The van der Waals surface area contributed by atoms with Crippen molar-refractivity contribution in [2.75, 3.05) is 18.7 Å². The number of esters is 1. The summed E-state index contributed by atoms with van der Waals surface area (Å²) in [5.41, 5.74) is 1.07. The van der Waals surface area contributed by atoms with Crippen LogP contribution in [0.15, 0.2) is 28.8 Å². The van der Waals surface area contributed by atoms with Gasteiger partial charge in [-0.15, -0.1) is 0 Å². The number of nitrogens with zero attached hydrogens (tertiary/aromatic N) is 1. The molecule has 0 bridgehead atoms. The Labute approximate surface area is 124 Å². The quantitative estimate of drug-likeness (QED) is 0.854. The summed E-state index contributed by atoms with van der Waals surface area (Å²) in [6.45, 7) is 1.39. The molecule has 0 unspecified atom stereocenters. The molecule has 3 rings (SSSR count). The van der Waals surface area contributed by atoms with Crippen molar-refractivity contribution < 1.29 is 28.3 Å². The molecule has 0 saturated heterocycles. The fraction of sp³-hybridized carbons (Fsp3) is 0.214. The molecule has 2 heterocycles. The summed E-state index contributed by atoms with van der Waals surface area (Å²) < 4.78 is 19.9. The van der Waals surface area contributed by atoms with E-state index in [2.05, 4.69) is 10.5 Å². The second-order valence-corrected chi connectivity index (χ2v) is 4.52. The zero-order valence-electron chi connectivity index (χ0n) is 11.6. The Morgan fingerprint density at radius 1 is 1.27 bits per heavy atom. The topological polar surface area (TPSA) is 99.9 Å². The highest BCUT2D eigenvalue weighted by Crippen LogP contribution is 2.34. The standard InChI is InChI=1S/C14H12N2O6/c1-8-4-12(22-16-8)14(18)19-6-13(17)15-9-2-3-10-11(5-9)21-7-20-10/h2-5H,6-7H2,1H3,(H,15,17). The van der Waals surface area contributed by atoms with Crippen LogP contribution in [0.5, 0.6) is 11.5 Å². The van der Waals surface area contributed by atoms with Crippen LogP contribution in [0, 0.1) is 6.92 Å². The van der Waals surface area contributed by atoms with Crippen molar-refractivity contribution >= 4 is 17.6 Å². The normalized spacial score (nSPS) is 12.0. The van der Waals surface area contributed by atoms with Crippen LogP contribution in [-0.2, 0) is 9.53 Å². The summed E-state index contributed by atoms with van der Waals surface area (Å²) in [6.07, 6.45) is 0. The van der Waals surface area contributed by atoms with Crippen LogP contribution in [0.3, 0.4) is 0 Å². The van der Waals surface area contributed by atoms with Gasteiger partial charge in [-0.05, 0) is 19.1 Å². The molecule has 1 aromatic heterocycles. The third-order valence-corrected chi connectivity index (χ3v) is 2.82. The first-order chi connectivity index (χ1) is 10.6. The third kappa shape index (κ3) is 3.00. The average Bonchev–Trinajstić information content (AvgIpc) is 3.13. The molecule has 0 radical (unpaired) electrons. The Balaban J connectivity index is 1.53. The molecule has 114 valence electrons. The second kappa shape index (κ2) is 5.76. The van der Waals surface area contributed by atoms with Crippen molar-refractivity contribution in [3.63, 3.8) is 0 Å². The van der Waals surface area contributed by atoms with Gasteiger partial charge in [-0.25, -0.2) is 4.79 Å². The number of aryl methyl sites for hydroxylation is 1. The third-order valence-electron chi connectivity index (χ3n) is 2.82. The molecule has 0 aliphatic carbocycles. The number of aromatic nitrogens is 1. The minimum atomic E-state index is -0.749. The zero-order chi connectivity index (χ0) is 15.5. The fourth-order valence-corrected chi connectivity index (χ4v) is 1.83. The first kappa shape index (κ1) is 13.9. The number of carbonyl (C=O) groups excluding carboxylic acids is 2. The molecular formula is C14H12N2O6. The molecule has 8 nitrogen and oxygen atoms in total. The number of fused-ring (bicyclic) bond motifs is 1. The van der Waals surface area contributed by atoms with Crippen molar-refractivity contribution in [3.05, 3.63) is 35.7 Å². The SMILES string of the molecule is Cc1cc(C(=O)OCC(=O)Nc2ccc3c(c2)OCO3)on1. The van der Waals surface area contributed by atoms with E-state index in [1.54, 1.807) is 25.1 Å². The molecule has 22 heavy (non-hydrogen) atoms. The predicted molar refractivity (Wildman–Crippen MR) is 72.7 cm³/mol. The van der Waals surface area contributed by atoms with Crippen molar-refractivity contribution in [3.8, 4) is 11.5 Å². The lowest BCUT2D eigenvalue weighted by atomic mass is 10.3. The summed E-state index contributed by atoms with van der Waals surface area (Å²) in [7, 11) is 0. The van der Waals surface area contributed by atoms with E-state index in [1.165, 1.54) is 6.07 Å². The molecule has 8 heteroatoms. The van der Waals surface area contributed by atoms with Crippen LogP contribution >= 0.6 is 0 Å². The van der Waals surface area contributed by atoms with E-state index < -0.39 is 18.5 Å². The van der Waals surface area contributed by atoms with Crippen molar-refractivity contribution in [1.82, 2.24) is 5.16 Å². The Kier molecular flexibility index (Phi) is 3.65. The highest BCUT2D eigenvalue weighted by atomic mass is 16.7. The number of rotatable bonds is 4. The van der Waals surface area contributed by atoms with E-state index in [9.17, 15) is 9.59 Å². The Bertz CT molecular complexity index is 724. The van der Waals surface area contributed by atoms with Crippen LogP contribution in [0.25, 0.3) is 0 Å². The zero-order valence-corrected chi connectivity index (χ0v) is 11.6. The molecule has 1 aromatic carbocycles. The fourth-order valence-electron chi connectivity index (χ4n) is 1.83. The Hall–Kier alpha value is -3.03. The van der Waals surface area contributed by atoms with Gasteiger partial charge in [0.15, 0.2) is 18.1 Å². The van der Waals surface area contributed by atoms with Crippen LogP contribution in [0.1, 0.15) is 16.2 Å². The lowest BCUT2D eigenvalue weighted by Crippen LogP contribution is -2.20. The predicted octanol–water partition coefficient (Wildman–Crippen LogP) is 1.51. The van der Waals surface area contributed by atoms with Gasteiger partial charge in [0, 0.05) is 17.8 Å². The molecule has 0 fully saturated rings. The Morgan fingerprint density at radius 3 is 2.86 bits per heavy atom. The van der Waals surface area contributed by atoms with E-state index in [-0.39, 0.29) is 12.6 Å². The maximum atomic E-state index is 11.7. The number of carbonyl (C=O) groups is 2. The van der Waals surface area contributed by atoms with Crippen molar-refractivity contribution in [1.29, 1.82) is 0 Å². The van der Waals surface area contributed by atoms with Gasteiger partial charge in [0.05, 0.1) is 5.69 Å². The first-order valence-corrected chi connectivity index (χ1v) is 6.42. The van der Waals surface area contributed by atoms with Crippen LogP contribution in [0.4, 0.5) is 5.69 Å². The molecular weight excluding hydrogens is 292 g/mol. The van der Waals surface area contributed by atoms with Crippen molar-refractivity contribution in [2.24, 2.45) is 0 Å². The lowest BCUT2D eigenvalue weighted by molar-refractivity contribution is -0.119. The first-order valence-electron chi connectivity index (χ1n) is 6.42. The minimum Gasteiger partial charge on any atom is -0.454 e. The highest BCUT2D eigenvalue weighted by Gasteiger charge is 2.17. The van der Waals surface area contributed by atoms with Gasteiger partial charge in [-0.2, -0.15) is 0 Å². The van der Waals surface area contributed by atoms with Gasteiger partial charge in [-0.3, -0.25) is 4.79 Å². The Morgan fingerprint density at radius 2 is 2.09 bits per heavy atom. The minimum absolute atomic E-state index is 0.0478. The van der Waals surface area contributed by atoms with Gasteiger partial charge < -0.3 is 24.1 Å². The van der Waals surface area contributed by atoms with Gasteiger partial charge >= 0.3 is 5.97 Å². The maximum absolute atomic E-state index is 11.7. The summed E-state index contributed by atoms with van der Waals surface area (Å²) in [5, 5.41) is 6.15. The summed E-state index contributed by atoms with van der Waals surface area (Å²) in [5.74, 6) is -0.115. The summed E-state index contributed by atoms with van der Waals surface area (Å²) >= 11 is 0. The number of hydrogen-bond acceptors (Lipinski definition) is 7. The molecule has 0 saturated carbocycles. The van der Waals surface area contributed by atoms with E-state index in [0.717, 1.165) is 0 Å². The molecule has 1 aliphatic rings. The van der Waals surface area contributed by atoms with Crippen LogP contribution in [0.2, 0.25) is 0 Å². The van der Waals surface area contributed by atoms with Gasteiger partial charge in [0.1, 0.15) is 0 Å². The summed E-state index contributed by atoms with van der Waals surface area (Å²) in [4.78, 5) is 23.3. The molecule has 2 aromatic rings. The molecule has 1 N–H and O–H groups in total. The van der Waals surface area contributed by atoms with E-state index in [1.807, 2.05) is 0 Å². The van der Waals surface area contributed by atoms with E-state index in [4.69, 9.17) is 18.7 Å². The van der Waals surface area contributed by atoms with Gasteiger partial charge in [0.2, 0.25) is 12.6 Å². The maximum Gasteiger partial charge on any atom is 0.377 e. The number of benzene rings is 1. The smallest absolute Gasteiger partial charge is 0.377 e. The van der Waals surface area contributed by atoms with Gasteiger partial charge in [0.25, 0.3) is 5.91 Å². The van der Waals surface area contributed by atoms with Crippen LogP contribution < -0.4 is 14.8 Å².